The van der Waals surface area contributed by atoms with Crippen LogP contribution in [0.5, 0.6) is 0 Å². The van der Waals surface area contributed by atoms with E-state index in [0.717, 1.165) is 5.56 Å². The predicted octanol–water partition coefficient (Wildman–Crippen LogP) is 3.77. The molecule has 3 amide bonds. The summed E-state index contributed by atoms with van der Waals surface area (Å²) in [7, 11) is 0. The van der Waals surface area contributed by atoms with Gasteiger partial charge in [0, 0.05) is 37.4 Å². The average molecular weight is 596 g/mol. The van der Waals surface area contributed by atoms with Gasteiger partial charge in [0.05, 0.1) is 6.42 Å². The van der Waals surface area contributed by atoms with Gasteiger partial charge in [0.1, 0.15) is 11.4 Å². The van der Waals surface area contributed by atoms with Crippen molar-refractivity contribution < 1.29 is 42.2 Å². The second kappa shape index (κ2) is 13.7. The van der Waals surface area contributed by atoms with Crippen molar-refractivity contribution in [2.24, 2.45) is 0 Å². The van der Waals surface area contributed by atoms with Crippen LogP contribution in [0, 0.1) is 17.5 Å². The highest BCUT2D eigenvalue weighted by Gasteiger charge is 2.36. The van der Waals surface area contributed by atoms with Crippen LogP contribution in [0.1, 0.15) is 43.9 Å². The Bertz CT molecular complexity index is 1290. The fourth-order valence-corrected chi connectivity index (χ4v) is 5.29. The Balaban J connectivity index is 1.67. The Hall–Kier alpha value is -3.74. The molecule has 222 valence electrons. The summed E-state index contributed by atoms with van der Waals surface area (Å²) >= 11 is 1.25. The lowest BCUT2D eigenvalue weighted by molar-refractivity contribution is -0.137. The maximum absolute atomic E-state index is 14.4. The topological polar surface area (TPSA) is 125 Å². The zero-order chi connectivity index (χ0) is 30.3. The lowest BCUT2D eigenvalue weighted by Crippen LogP contribution is -2.48. The first-order valence-electron chi connectivity index (χ1n) is 12.8. The molecular weight excluding hydrogens is 563 g/mol. The summed E-state index contributed by atoms with van der Waals surface area (Å²) in [4.78, 5) is 50.9. The highest BCUT2D eigenvalue weighted by Crippen LogP contribution is 2.26. The molecule has 3 rings (SSSR count). The number of rotatable bonds is 10. The van der Waals surface area contributed by atoms with Crippen LogP contribution in [0.2, 0.25) is 0 Å². The van der Waals surface area contributed by atoms with Crippen LogP contribution in [-0.2, 0) is 38.5 Å². The number of nitrogens with zero attached hydrogens (tertiary/aromatic N) is 1. The molecule has 1 saturated heterocycles. The van der Waals surface area contributed by atoms with Crippen molar-refractivity contribution in [1.29, 1.82) is 0 Å². The van der Waals surface area contributed by atoms with Crippen LogP contribution in [0.15, 0.2) is 36.4 Å². The molecule has 2 aromatic rings. The van der Waals surface area contributed by atoms with E-state index in [9.17, 15) is 32.3 Å². The molecule has 2 unspecified atom stereocenters. The van der Waals surface area contributed by atoms with Crippen LogP contribution < -0.4 is 10.6 Å². The minimum atomic E-state index is -1.36. The van der Waals surface area contributed by atoms with Gasteiger partial charge in [-0.25, -0.2) is 18.0 Å². The molecule has 0 aromatic heterocycles. The summed E-state index contributed by atoms with van der Waals surface area (Å²) < 4.78 is 46.9. The van der Waals surface area contributed by atoms with E-state index in [1.54, 1.807) is 45.0 Å². The van der Waals surface area contributed by atoms with Crippen molar-refractivity contribution >= 4 is 35.6 Å². The van der Waals surface area contributed by atoms with Gasteiger partial charge in [-0.15, -0.1) is 11.8 Å². The Kier molecular flexibility index (Phi) is 10.7. The summed E-state index contributed by atoms with van der Waals surface area (Å²) in [5.74, 6) is -5.05. The van der Waals surface area contributed by atoms with Crippen molar-refractivity contribution in [3.8, 4) is 0 Å². The molecule has 1 fully saturated rings. The van der Waals surface area contributed by atoms with Gasteiger partial charge in [0.15, 0.2) is 17.0 Å². The van der Waals surface area contributed by atoms with E-state index in [0.29, 0.717) is 23.4 Å². The molecule has 0 spiro atoms. The zero-order valence-corrected chi connectivity index (χ0v) is 23.7. The van der Waals surface area contributed by atoms with Gasteiger partial charge < -0.3 is 25.4 Å². The van der Waals surface area contributed by atoms with Gasteiger partial charge in [-0.3, -0.25) is 14.4 Å². The number of ether oxygens (including phenoxy) is 1. The Morgan fingerprint density at radius 1 is 1.05 bits per heavy atom. The second-order valence-electron chi connectivity index (χ2n) is 10.5. The number of carbonyl (C=O) groups is 4. The zero-order valence-electron chi connectivity index (χ0n) is 22.8. The van der Waals surface area contributed by atoms with Gasteiger partial charge in [0.25, 0.3) is 5.91 Å². The molecule has 41 heavy (non-hydrogen) atoms. The van der Waals surface area contributed by atoms with E-state index in [1.165, 1.54) is 16.7 Å². The van der Waals surface area contributed by atoms with E-state index in [4.69, 9.17) is 9.84 Å². The van der Waals surface area contributed by atoms with Crippen molar-refractivity contribution in [2.75, 3.05) is 12.3 Å². The maximum atomic E-state index is 14.4. The number of amides is 3. The number of nitrogens with one attached hydrogen (secondary N) is 2. The molecule has 2 aromatic carbocycles. The van der Waals surface area contributed by atoms with Gasteiger partial charge in [-0.2, -0.15) is 0 Å². The molecular formula is C28H32F3N3O6S. The second-order valence-corrected chi connectivity index (χ2v) is 11.7. The third-order valence-electron chi connectivity index (χ3n) is 5.98. The number of thioether (sulfide) groups is 1. The fourth-order valence-electron chi connectivity index (χ4n) is 4.13. The molecule has 9 nitrogen and oxygen atoms in total. The molecule has 0 bridgehead atoms. The number of carboxylic acid groups (broad SMARTS) is 1. The fraction of sp³-hybridized carbons (Fsp3) is 0.429. The van der Waals surface area contributed by atoms with Crippen LogP contribution in [0.25, 0.3) is 0 Å². The summed E-state index contributed by atoms with van der Waals surface area (Å²) in [6.45, 7) is 5.32. The smallest absolute Gasteiger partial charge is 0.407 e. The number of aliphatic carboxylic acids is 1. The Labute approximate surface area is 239 Å². The molecule has 13 heteroatoms. The van der Waals surface area contributed by atoms with Gasteiger partial charge in [-0.05, 0) is 49.9 Å². The summed E-state index contributed by atoms with van der Waals surface area (Å²) in [5, 5.41) is 13.3. The molecule has 1 aliphatic rings. The quantitative estimate of drug-likeness (QED) is 0.357. The highest BCUT2D eigenvalue weighted by atomic mass is 32.2. The minimum absolute atomic E-state index is 0.116. The molecule has 0 aliphatic carbocycles. The van der Waals surface area contributed by atoms with E-state index >= 15 is 0 Å². The summed E-state index contributed by atoms with van der Waals surface area (Å²) in [5.41, 5.74) is 0.256. The lowest BCUT2D eigenvalue weighted by atomic mass is 10.0. The normalized spacial score (nSPS) is 15.8. The van der Waals surface area contributed by atoms with E-state index in [-0.39, 0.29) is 37.9 Å². The third kappa shape index (κ3) is 9.69. The average Bonchev–Trinajstić information content (AvgIpc) is 3.35. The SMILES string of the molecule is CC(C)(C)OC(=O)NC(CC(=O)N1CCSC1C(=O)NCc1ccc(CC(=O)O)cc1)Cc1cc(F)c(F)cc1F. The first-order valence-corrected chi connectivity index (χ1v) is 13.9. The number of hydrogen-bond acceptors (Lipinski definition) is 6. The van der Waals surface area contributed by atoms with Crippen LogP contribution >= 0.6 is 11.8 Å². The molecule has 2 atom stereocenters. The van der Waals surface area contributed by atoms with Gasteiger partial charge in [0.2, 0.25) is 5.91 Å². The maximum Gasteiger partial charge on any atom is 0.407 e. The largest absolute Gasteiger partial charge is 0.481 e. The molecule has 0 saturated carbocycles. The third-order valence-corrected chi connectivity index (χ3v) is 7.18. The lowest BCUT2D eigenvalue weighted by Gasteiger charge is -2.27. The van der Waals surface area contributed by atoms with Crippen LogP contribution in [0.3, 0.4) is 0 Å². The van der Waals surface area contributed by atoms with Gasteiger partial charge >= 0.3 is 12.1 Å². The number of hydrogen-bond donors (Lipinski definition) is 3. The molecule has 0 radical (unpaired) electrons. The van der Waals surface area contributed by atoms with Crippen LogP contribution in [0.4, 0.5) is 18.0 Å². The van der Waals surface area contributed by atoms with Gasteiger partial charge in [-0.1, -0.05) is 24.3 Å². The van der Waals surface area contributed by atoms with Crippen molar-refractivity contribution in [2.45, 2.75) is 63.6 Å². The number of benzene rings is 2. The first kappa shape index (κ1) is 31.8. The summed E-state index contributed by atoms with van der Waals surface area (Å²) in [6, 6.07) is 6.74. The molecule has 3 N–H and O–H groups in total. The standard InChI is InChI=1S/C28H32F3N3O6S/c1-28(2,3)40-27(39)33-19(11-18-12-21(30)22(31)14-20(18)29)13-23(35)34-8-9-41-26(34)25(38)32-15-17-6-4-16(5-7-17)10-24(36)37/h4-7,12,14,19,26H,8-11,13,15H2,1-3H3,(H,32,38)(H,33,39)(H,36,37). The molecule has 1 heterocycles. The molecule has 1 aliphatic heterocycles. The number of alkyl carbamates (subject to hydrolysis) is 1. The number of carbonyl (C=O) groups excluding carboxylic acids is 3. The number of carboxylic acids is 1. The van der Waals surface area contributed by atoms with E-state index in [1.807, 2.05) is 0 Å². The monoisotopic (exact) mass is 595 g/mol. The van der Waals surface area contributed by atoms with Crippen molar-refractivity contribution in [1.82, 2.24) is 15.5 Å². The minimum Gasteiger partial charge on any atom is -0.481 e. The Morgan fingerprint density at radius 3 is 2.32 bits per heavy atom. The highest BCUT2D eigenvalue weighted by molar-refractivity contribution is 8.00. The van der Waals surface area contributed by atoms with E-state index < -0.39 is 58.3 Å². The van der Waals surface area contributed by atoms with E-state index in [2.05, 4.69) is 10.6 Å². The van der Waals surface area contributed by atoms with Crippen molar-refractivity contribution in [3.05, 3.63) is 70.5 Å². The van der Waals surface area contributed by atoms with Crippen molar-refractivity contribution in [3.63, 3.8) is 0 Å². The Morgan fingerprint density at radius 2 is 1.68 bits per heavy atom. The number of halogens is 3. The van der Waals surface area contributed by atoms with Crippen LogP contribution in [-0.4, -0.2) is 63.2 Å². The summed E-state index contributed by atoms with van der Waals surface area (Å²) in [6.07, 6.45) is -1.68. The first-order chi connectivity index (χ1) is 19.2. The predicted molar refractivity (Wildman–Crippen MR) is 145 cm³/mol.